The lowest BCUT2D eigenvalue weighted by Gasteiger charge is -2.07. The van der Waals surface area contributed by atoms with Crippen LogP contribution in [0.25, 0.3) is 11.3 Å². The van der Waals surface area contributed by atoms with E-state index in [0.717, 1.165) is 5.56 Å². The van der Waals surface area contributed by atoms with Crippen LogP contribution in [-0.2, 0) is 9.53 Å². The Morgan fingerprint density at radius 2 is 2.10 bits per heavy atom. The van der Waals surface area contributed by atoms with Crippen molar-refractivity contribution < 1.29 is 9.53 Å². The number of methoxy groups -OCH3 is 1. The number of nitrogens with zero attached hydrogens (tertiary/aromatic N) is 1. The Hall–Kier alpha value is -1.99. The lowest BCUT2D eigenvalue weighted by molar-refractivity contribution is -0.119. The molecular formula is C13H12BrN3O3. The summed E-state index contributed by atoms with van der Waals surface area (Å²) in [5.74, 6) is -0.309. The minimum Gasteiger partial charge on any atom is -0.375 e. The molecule has 0 radical (unpaired) electrons. The van der Waals surface area contributed by atoms with E-state index in [0.29, 0.717) is 10.2 Å². The Balaban J connectivity index is 2.40. The van der Waals surface area contributed by atoms with Crippen molar-refractivity contribution in [2.75, 3.05) is 19.0 Å². The number of hydrogen-bond acceptors (Lipinski definition) is 4. The summed E-state index contributed by atoms with van der Waals surface area (Å²) >= 11 is 3.20. The number of hydrogen-bond donors (Lipinski definition) is 2. The fraction of sp³-hybridized carbons (Fsp3) is 0.154. The Morgan fingerprint density at radius 3 is 2.75 bits per heavy atom. The third-order valence-electron chi connectivity index (χ3n) is 2.44. The molecule has 0 aliphatic carbocycles. The van der Waals surface area contributed by atoms with Gasteiger partial charge in [0.1, 0.15) is 11.1 Å². The van der Waals surface area contributed by atoms with Crippen LogP contribution in [0, 0.1) is 0 Å². The number of amides is 1. The number of aromatic nitrogens is 2. The van der Waals surface area contributed by atoms with E-state index in [9.17, 15) is 9.59 Å². The van der Waals surface area contributed by atoms with E-state index in [1.165, 1.54) is 7.11 Å². The van der Waals surface area contributed by atoms with Gasteiger partial charge in [0.15, 0.2) is 0 Å². The molecule has 0 bridgehead atoms. The van der Waals surface area contributed by atoms with E-state index in [2.05, 4.69) is 31.2 Å². The highest BCUT2D eigenvalue weighted by molar-refractivity contribution is 9.10. The second-order valence-corrected chi connectivity index (χ2v) is 4.72. The maximum absolute atomic E-state index is 11.8. The normalized spacial score (nSPS) is 10.3. The monoisotopic (exact) mass is 337 g/mol. The number of benzene rings is 1. The van der Waals surface area contributed by atoms with Crippen LogP contribution in [0.2, 0.25) is 0 Å². The molecule has 2 N–H and O–H groups in total. The predicted octanol–water partition coefficient (Wildman–Crippen LogP) is 1.78. The maximum atomic E-state index is 11.8. The molecule has 1 heterocycles. The number of aromatic amines is 1. The highest BCUT2D eigenvalue weighted by atomic mass is 79.9. The minimum absolute atomic E-state index is 0.0825. The highest BCUT2D eigenvalue weighted by Gasteiger charge is 2.12. The molecule has 0 atom stereocenters. The minimum atomic E-state index is -0.392. The number of carbonyl (C=O) groups is 1. The fourth-order valence-electron chi connectivity index (χ4n) is 1.60. The summed E-state index contributed by atoms with van der Waals surface area (Å²) in [5, 5.41) is 2.47. The van der Waals surface area contributed by atoms with Gasteiger partial charge in [-0.25, -0.2) is 4.98 Å². The van der Waals surface area contributed by atoms with Gasteiger partial charge in [0.05, 0.1) is 5.69 Å². The first kappa shape index (κ1) is 14.4. The van der Waals surface area contributed by atoms with E-state index in [4.69, 9.17) is 4.74 Å². The molecule has 0 spiro atoms. The molecule has 7 heteroatoms. The number of nitrogens with one attached hydrogen (secondary N) is 2. The summed E-state index contributed by atoms with van der Waals surface area (Å²) in [7, 11) is 1.41. The highest BCUT2D eigenvalue weighted by Crippen LogP contribution is 2.23. The van der Waals surface area contributed by atoms with Gasteiger partial charge in [0.2, 0.25) is 5.95 Å². The molecule has 1 aromatic carbocycles. The maximum Gasteiger partial charge on any atom is 0.267 e. The zero-order valence-corrected chi connectivity index (χ0v) is 12.2. The van der Waals surface area contributed by atoms with Crippen LogP contribution in [-0.4, -0.2) is 29.6 Å². The van der Waals surface area contributed by atoms with E-state index >= 15 is 0 Å². The summed E-state index contributed by atoms with van der Waals surface area (Å²) in [6.45, 7) is -0.111. The van der Waals surface area contributed by atoms with Gasteiger partial charge in [0.25, 0.3) is 11.5 Å². The van der Waals surface area contributed by atoms with Crippen LogP contribution in [0.15, 0.2) is 39.6 Å². The van der Waals surface area contributed by atoms with E-state index in [-0.39, 0.29) is 18.1 Å². The molecular weight excluding hydrogens is 326 g/mol. The van der Waals surface area contributed by atoms with Gasteiger partial charge < -0.3 is 4.74 Å². The predicted molar refractivity (Wildman–Crippen MR) is 78.5 cm³/mol. The van der Waals surface area contributed by atoms with Gasteiger partial charge >= 0.3 is 0 Å². The zero-order chi connectivity index (χ0) is 14.5. The SMILES string of the molecule is COCC(=O)Nc1nc(-c2ccccc2)c(Br)c(=O)[nH]1. The molecule has 2 rings (SSSR count). The lowest BCUT2D eigenvalue weighted by Crippen LogP contribution is -2.22. The number of rotatable bonds is 4. The van der Waals surface area contributed by atoms with Crippen molar-refractivity contribution >= 4 is 27.8 Å². The number of H-pyrrole nitrogens is 1. The Labute approximate surface area is 123 Å². The lowest BCUT2D eigenvalue weighted by atomic mass is 10.1. The standard InChI is InChI=1S/C13H12BrN3O3/c1-20-7-9(18)15-13-16-11(10(14)12(19)17-13)8-5-3-2-4-6-8/h2-6H,7H2,1H3,(H2,15,16,17,18,19). The van der Waals surface area contributed by atoms with Crippen molar-refractivity contribution in [1.82, 2.24) is 9.97 Å². The Kier molecular flexibility index (Phi) is 4.65. The van der Waals surface area contributed by atoms with Crippen LogP contribution in [0.4, 0.5) is 5.95 Å². The molecule has 0 aliphatic rings. The van der Waals surface area contributed by atoms with Crippen molar-refractivity contribution in [3.63, 3.8) is 0 Å². The summed E-state index contributed by atoms with van der Waals surface area (Å²) in [6, 6.07) is 9.20. The van der Waals surface area contributed by atoms with Crippen LogP contribution < -0.4 is 10.9 Å². The number of ether oxygens (including phenoxy) is 1. The van der Waals surface area contributed by atoms with E-state index < -0.39 is 5.91 Å². The molecule has 2 aromatic rings. The summed E-state index contributed by atoms with van der Waals surface area (Å²) in [5.41, 5.74) is 0.862. The molecule has 0 unspecified atom stereocenters. The van der Waals surface area contributed by atoms with Gasteiger partial charge in [0, 0.05) is 12.7 Å². The van der Waals surface area contributed by atoms with Crippen LogP contribution in [0.3, 0.4) is 0 Å². The topological polar surface area (TPSA) is 84.1 Å². The molecule has 0 saturated heterocycles. The zero-order valence-electron chi connectivity index (χ0n) is 10.6. The van der Waals surface area contributed by atoms with Gasteiger partial charge in [-0.1, -0.05) is 30.3 Å². The molecule has 0 aliphatic heterocycles. The first-order valence-electron chi connectivity index (χ1n) is 5.76. The van der Waals surface area contributed by atoms with E-state index in [1.807, 2.05) is 30.3 Å². The third kappa shape index (κ3) is 3.31. The number of carbonyl (C=O) groups excluding carboxylic acids is 1. The number of anilines is 1. The number of halogens is 1. The first-order chi connectivity index (χ1) is 9.61. The molecule has 1 amide bonds. The van der Waals surface area contributed by atoms with Gasteiger partial charge in [-0.3, -0.25) is 19.9 Å². The van der Waals surface area contributed by atoms with Gasteiger partial charge in [-0.2, -0.15) is 0 Å². The molecule has 0 fully saturated rings. The van der Waals surface area contributed by atoms with E-state index in [1.54, 1.807) is 0 Å². The Morgan fingerprint density at radius 1 is 1.40 bits per heavy atom. The molecule has 1 aromatic heterocycles. The van der Waals surface area contributed by atoms with Crippen LogP contribution >= 0.6 is 15.9 Å². The fourth-order valence-corrected chi connectivity index (χ4v) is 2.02. The second kappa shape index (κ2) is 6.44. The average molecular weight is 338 g/mol. The van der Waals surface area contributed by atoms with Crippen molar-refractivity contribution in [2.24, 2.45) is 0 Å². The third-order valence-corrected chi connectivity index (χ3v) is 3.18. The van der Waals surface area contributed by atoms with Crippen molar-refractivity contribution in [3.8, 4) is 11.3 Å². The second-order valence-electron chi connectivity index (χ2n) is 3.92. The largest absolute Gasteiger partial charge is 0.375 e. The quantitative estimate of drug-likeness (QED) is 0.890. The molecule has 0 saturated carbocycles. The molecule has 20 heavy (non-hydrogen) atoms. The first-order valence-corrected chi connectivity index (χ1v) is 6.55. The van der Waals surface area contributed by atoms with Crippen LogP contribution in [0.1, 0.15) is 0 Å². The molecule has 104 valence electrons. The average Bonchev–Trinajstić information content (AvgIpc) is 2.44. The van der Waals surface area contributed by atoms with Crippen molar-refractivity contribution in [3.05, 3.63) is 45.2 Å². The van der Waals surface area contributed by atoms with Crippen LogP contribution in [0.5, 0.6) is 0 Å². The Bertz CT molecular complexity index is 670. The van der Waals surface area contributed by atoms with Crippen molar-refractivity contribution in [2.45, 2.75) is 0 Å². The van der Waals surface area contributed by atoms with Gasteiger partial charge in [-0.05, 0) is 15.9 Å². The van der Waals surface area contributed by atoms with Gasteiger partial charge in [-0.15, -0.1) is 0 Å². The summed E-state index contributed by atoms with van der Waals surface area (Å²) in [6.07, 6.45) is 0. The van der Waals surface area contributed by atoms with Crippen molar-refractivity contribution in [1.29, 1.82) is 0 Å². The smallest absolute Gasteiger partial charge is 0.267 e. The summed E-state index contributed by atoms with van der Waals surface area (Å²) < 4.78 is 5.02. The summed E-state index contributed by atoms with van der Waals surface area (Å²) in [4.78, 5) is 30.0. The molecule has 6 nitrogen and oxygen atoms in total.